The highest BCUT2D eigenvalue weighted by atomic mass is 16.5. The van der Waals surface area contributed by atoms with E-state index < -0.39 is 0 Å². The molecule has 3 aliphatic rings. The number of aromatic nitrogens is 5. The number of carbonyl (C=O) groups excluding carboxylic acids is 1. The summed E-state index contributed by atoms with van der Waals surface area (Å²) >= 11 is 0. The van der Waals surface area contributed by atoms with E-state index in [9.17, 15) is 9.59 Å². The van der Waals surface area contributed by atoms with Crippen molar-refractivity contribution < 1.29 is 9.53 Å². The van der Waals surface area contributed by atoms with Crippen molar-refractivity contribution in [2.45, 2.75) is 19.4 Å². The molecule has 0 atom stereocenters. The lowest BCUT2D eigenvalue weighted by Gasteiger charge is -2.33. The van der Waals surface area contributed by atoms with E-state index in [2.05, 4.69) is 56.5 Å². The van der Waals surface area contributed by atoms with Crippen LogP contribution in [0.3, 0.4) is 0 Å². The van der Waals surface area contributed by atoms with E-state index in [4.69, 9.17) is 9.72 Å². The number of allylic oxidation sites excluding steroid dienone is 2. The van der Waals surface area contributed by atoms with Crippen LogP contribution in [0.1, 0.15) is 12.8 Å². The third kappa shape index (κ3) is 4.49. The summed E-state index contributed by atoms with van der Waals surface area (Å²) in [7, 11) is 2.16. The fourth-order valence-electron chi connectivity index (χ4n) is 6.36. The molecule has 0 radical (unpaired) electrons. The summed E-state index contributed by atoms with van der Waals surface area (Å²) in [5.74, 6) is 0.961. The van der Waals surface area contributed by atoms with Crippen LogP contribution >= 0.6 is 0 Å². The first-order valence-corrected chi connectivity index (χ1v) is 15.1. The fourth-order valence-corrected chi connectivity index (χ4v) is 6.36. The van der Waals surface area contributed by atoms with E-state index >= 15 is 0 Å². The molecule has 8 rings (SSSR count). The van der Waals surface area contributed by atoms with Crippen molar-refractivity contribution in [1.29, 1.82) is 0 Å². The first kappa shape index (κ1) is 26.5. The largest absolute Gasteiger partial charge is 0.482 e. The lowest BCUT2D eigenvalue weighted by atomic mass is 10.1. The summed E-state index contributed by atoms with van der Waals surface area (Å²) in [6.07, 6.45) is 9.33. The van der Waals surface area contributed by atoms with Crippen molar-refractivity contribution in [1.82, 2.24) is 29.2 Å². The Kier molecular flexibility index (Phi) is 6.37. The van der Waals surface area contributed by atoms with Crippen LogP contribution in [0.15, 0.2) is 65.7 Å². The Balaban J connectivity index is 1.20. The number of rotatable bonds is 3. The van der Waals surface area contributed by atoms with Gasteiger partial charge in [0.1, 0.15) is 11.1 Å². The molecule has 1 fully saturated rings. The molecule has 2 bridgehead atoms. The molecule has 3 aromatic heterocycles. The van der Waals surface area contributed by atoms with Gasteiger partial charge in [-0.1, -0.05) is 12.2 Å². The monoisotopic (exact) mass is 591 g/mol. The molecule has 3 aliphatic heterocycles. The number of H-pyrrole nitrogens is 1. The lowest BCUT2D eigenvalue weighted by molar-refractivity contribution is -0.121. The van der Waals surface area contributed by atoms with Crippen molar-refractivity contribution in [3.63, 3.8) is 0 Å². The lowest BCUT2D eigenvalue weighted by Crippen LogP contribution is -2.44. The highest BCUT2D eigenvalue weighted by Crippen LogP contribution is 2.35. The van der Waals surface area contributed by atoms with Crippen LogP contribution in [0.4, 0.5) is 23.0 Å². The quantitative estimate of drug-likeness (QED) is 0.306. The minimum Gasteiger partial charge on any atom is -0.482 e. The third-order valence-electron chi connectivity index (χ3n) is 8.76. The summed E-state index contributed by atoms with van der Waals surface area (Å²) in [6, 6.07) is 11.8. The van der Waals surface area contributed by atoms with Crippen LogP contribution in [0.2, 0.25) is 0 Å². The number of fused-ring (bicyclic) bond motifs is 6. The van der Waals surface area contributed by atoms with Crippen molar-refractivity contribution in [2.24, 2.45) is 0 Å². The van der Waals surface area contributed by atoms with Crippen molar-refractivity contribution in [3.8, 4) is 11.4 Å². The number of ether oxygens (including phenoxy) is 1. The number of carbonyl (C=O) groups is 1. The van der Waals surface area contributed by atoms with Gasteiger partial charge in [-0.05, 0) is 56.3 Å². The third-order valence-corrected chi connectivity index (χ3v) is 8.76. The smallest absolute Gasteiger partial charge is 0.278 e. The Morgan fingerprint density at radius 2 is 1.84 bits per heavy atom. The molecular formula is C32H33N9O3. The Labute approximate surface area is 253 Å². The Hall–Kier alpha value is -5.10. The first-order valence-electron chi connectivity index (χ1n) is 15.1. The van der Waals surface area contributed by atoms with Gasteiger partial charge in [0.25, 0.3) is 11.5 Å². The molecule has 1 amide bonds. The van der Waals surface area contributed by atoms with Crippen LogP contribution in [-0.4, -0.2) is 81.5 Å². The van der Waals surface area contributed by atoms with E-state index in [1.807, 2.05) is 35.0 Å². The summed E-state index contributed by atoms with van der Waals surface area (Å²) in [5, 5.41) is 4.92. The van der Waals surface area contributed by atoms with Crippen molar-refractivity contribution in [3.05, 3.63) is 71.3 Å². The standard InChI is InChI=1S/C32H33N9O3/c1-37-12-14-38(15-13-37)27-19-33-25-8-6-21(16-23(25)27)35-32-34-18-24-30(36-32)41-22-7-9-28-26(17-22)39(29(42)20-44-28)10-4-2-3-5-11-40(41)31(24)43/h3,5-9,16-19,33H,2,4,10-15,20H2,1H3,(H,34,35,36)/b5-3-. The van der Waals surface area contributed by atoms with Crippen LogP contribution in [0.5, 0.6) is 5.75 Å². The second-order valence-electron chi connectivity index (χ2n) is 11.6. The minimum atomic E-state index is -0.180. The molecule has 2 aromatic carbocycles. The van der Waals surface area contributed by atoms with Gasteiger partial charge in [-0.2, -0.15) is 4.98 Å². The SMILES string of the molecule is CN1CCN(c2c[nH]c3ccc(Nc4ncc5c(=O)n6n(c5n4)-c4ccc5c(c4)N(CCC/C=C\C6)C(=O)CO5)cc23)CC1. The summed E-state index contributed by atoms with van der Waals surface area (Å²) in [5.41, 5.74) is 4.82. The molecule has 0 spiro atoms. The van der Waals surface area contributed by atoms with Crippen molar-refractivity contribution in [2.75, 3.05) is 61.5 Å². The van der Waals surface area contributed by atoms with Crippen LogP contribution < -0.4 is 25.4 Å². The predicted octanol–water partition coefficient (Wildman–Crippen LogP) is 3.63. The zero-order chi connectivity index (χ0) is 29.8. The topological polar surface area (TPSA) is 117 Å². The fraction of sp³-hybridized carbons (Fsp3) is 0.312. The van der Waals surface area contributed by atoms with Crippen molar-refractivity contribution >= 4 is 50.9 Å². The Morgan fingerprint density at radius 3 is 2.73 bits per heavy atom. The maximum atomic E-state index is 13.6. The maximum Gasteiger partial charge on any atom is 0.278 e. The van der Waals surface area contributed by atoms with E-state index in [-0.39, 0.29) is 18.1 Å². The number of hydrogen-bond donors (Lipinski definition) is 2. The molecule has 44 heavy (non-hydrogen) atoms. The van der Waals surface area contributed by atoms with Gasteiger partial charge in [-0.3, -0.25) is 9.59 Å². The molecule has 1 saturated heterocycles. The molecule has 0 unspecified atom stereocenters. The van der Waals surface area contributed by atoms with Crippen LogP contribution in [0.25, 0.3) is 27.6 Å². The summed E-state index contributed by atoms with van der Waals surface area (Å²) < 4.78 is 9.21. The molecule has 6 heterocycles. The van der Waals surface area contributed by atoms with E-state index in [1.165, 1.54) is 5.69 Å². The number of amides is 1. The van der Waals surface area contributed by atoms with E-state index in [0.717, 1.165) is 55.6 Å². The molecule has 0 saturated carbocycles. The molecule has 224 valence electrons. The zero-order valence-corrected chi connectivity index (χ0v) is 24.5. The predicted molar refractivity (Wildman–Crippen MR) is 171 cm³/mol. The average molecular weight is 592 g/mol. The Bertz CT molecular complexity index is 2000. The van der Waals surface area contributed by atoms with Gasteiger partial charge in [0.15, 0.2) is 12.3 Å². The molecule has 2 N–H and O–H groups in total. The van der Waals surface area contributed by atoms with Gasteiger partial charge >= 0.3 is 0 Å². The molecule has 5 aromatic rings. The number of nitrogens with one attached hydrogen (secondary N) is 2. The van der Waals surface area contributed by atoms with Gasteiger partial charge in [0.2, 0.25) is 5.95 Å². The van der Waals surface area contributed by atoms with Gasteiger partial charge < -0.3 is 29.7 Å². The van der Waals surface area contributed by atoms with Gasteiger partial charge in [0, 0.05) is 61.7 Å². The van der Waals surface area contributed by atoms with Gasteiger partial charge in [-0.15, -0.1) is 0 Å². The zero-order valence-electron chi connectivity index (χ0n) is 24.5. The number of piperazine rings is 1. The molecular weight excluding hydrogens is 558 g/mol. The second-order valence-corrected chi connectivity index (χ2v) is 11.6. The number of nitrogens with zero attached hydrogens (tertiary/aromatic N) is 7. The molecule has 0 aliphatic carbocycles. The second kappa shape index (κ2) is 10.6. The molecule has 12 heteroatoms. The highest BCUT2D eigenvalue weighted by Gasteiger charge is 2.27. The van der Waals surface area contributed by atoms with E-state index in [0.29, 0.717) is 47.2 Å². The van der Waals surface area contributed by atoms with Crippen LogP contribution in [-0.2, 0) is 11.3 Å². The molecule has 12 nitrogen and oxygen atoms in total. The number of hydrogen-bond acceptors (Lipinski definition) is 8. The van der Waals surface area contributed by atoms with Gasteiger partial charge in [-0.25, -0.2) is 14.3 Å². The van der Waals surface area contributed by atoms with E-state index in [1.54, 1.807) is 15.8 Å². The number of likely N-dealkylation sites (N-methyl/N-ethyl adjacent to an activating group) is 1. The van der Waals surface area contributed by atoms with Crippen LogP contribution in [0, 0.1) is 0 Å². The maximum absolute atomic E-state index is 13.6. The number of anilines is 4. The van der Waals surface area contributed by atoms with Gasteiger partial charge in [0.05, 0.1) is 23.6 Å². The normalized spacial score (nSPS) is 18.1. The summed E-state index contributed by atoms with van der Waals surface area (Å²) in [4.78, 5) is 45.8. The minimum absolute atomic E-state index is 0.0208. The Morgan fingerprint density at radius 1 is 0.955 bits per heavy atom. The number of benzene rings is 2. The average Bonchev–Trinajstić information content (AvgIpc) is 3.57. The number of aromatic amines is 1. The summed E-state index contributed by atoms with van der Waals surface area (Å²) in [6.45, 7) is 5.01. The highest BCUT2D eigenvalue weighted by molar-refractivity contribution is 5.98. The first-order chi connectivity index (χ1) is 21.5.